The molecule has 0 bridgehead atoms. The van der Waals surface area contributed by atoms with E-state index in [9.17, 15) is 4.79 Å². The third kappa shape index (κ3) is 4.30. The van der Waals surface area contributed by atoms with Crippen molar-refractivity contribution in [2.75, 3.05) is 5.73 Å². The lowest BCUT2D eigenvalue weighted by Crippen LogP contribution is -2.23. The number of pyridine rings is 1. The van der Waals surface area contributed by atoms with Gasteiger partial charge in [-0.05, 0) is 48.5 Å². The highest BCUT2D eigenvalue weighted by molar-refractivity contribution is 6.42. The van der Waals surface area contributed by atoms with Crippen LogP contribution in [0.25, 0.3) is 16.9 Å². The van der Waals surface area contributed by atoms with Crippen molar-refractivity contribution < 1.29 is 4.79 Å². The Morgan fingerprint density at radius 3 is 2.50 bits per heavy atom. The lowest BCUT2D eigenvalue weighted by atomic mass is 10.1. The van der Waals surface area contributed by atoms with Gasteiger partial charge in [-0.25, -0.2) is 4.68 Å². The monoisotopic (exact) mass is 437 g/mol. The SMILES string of the molecule is Nc1cc(-c2ccc(Cl)c(Cl)c2)nn1-c1ccc(C(=O)NCc2ccccn2)cc1. The minimum Gasteiger partial charge on any atom is -0.384 e. The van der Waals surface area contributed by atoms with Crippen molar-refractivity contribution in [3.05, 3.63) is 94.2 Å². The van der Waals surface area contributed by atoms with Crippen molar-refractivity contribution in [1.29, 1.82) is 0 Å². The quantitative estimate of drug-likeness (QED) is 0.471. The highest BCUT2D eigenvalue weighted by Crippen LogP contribution is 2.29. The average molecular weight is 438 g/mol. The summed E-state index contributed by atoms with van der Waals surface area (Å²) in [6, 6.07) is 19.6. The number of anilines is 1. The van der Waals surface area contributed by atoms with E-state index in [0.717, 1.165) is 16.9 Å². The van der Waals surface area contributed by atoms with Gasteiger partial charge < -0.3 is 11.1 Å². The van der Waals surface area contributed by atoms with Crippen LogP contribution in [0.15, 0.2) is 72.9 Å². The van der Waals surface area contributed by atoms with Crippen LogP contribution in [-0.2, 0) is 6.54 Å². The molecule has 4 aromatic rings. The van der Waals surface area contributed by atoms with Crippen LogP contribution in [0.2, 0.25) is 10.0 Å². The number of hydrogen-bond donors (Lipinski definition) is 2. The molecule has 0 saturated carbocycles. The fraction of sp³-hybridized carbons (Fsp3) is 0.0455. The second-order valence-electron chi connectivity index (χ2n) is 6.55. The molecule has 0 spiro atoms. The van der Waals surface area contributed by atoms with Gasteiger partial charge >= 0.3 is 0 Å². The highest BCUT2D eigenvalue weighted by atomic mass is 35.5. The molecule has 8 heteroatoms. The van der Waals surface area contributed by atoms with E-state index < -0.39 is 0 Å². The predicted octanol–water partition coefficient (Wildman–Crippen LogP) is 4.75. The topological polar surface area (TPSA) is 85.8 Å². The van der Waals surface area contributed by atoms with E-state index in [2.05, 4.69) is 15.4 Å². The first-order valence-electron chi connectivity index (χ1n) is 9.11. The smallest absolute Gasteiger partial charge is 0.251 e. The molecule has 0 aliphatic rings. The van der Waals surface area contributed by atoms with Crippen LogP contribution in [0.4, 0.5) is 5.82 Å². The van der Waals surface area contributed by atoms with Crippen LogP contribution >= 0.6 is 23.2 Å². The summed E-state index contributed by atoms with van der Waals surface area (Å²) >= 11 is 12.1. The van der Waals surface area contributed by atoms with Gasteiger partial charge in [0.2, 0.25) is 0 Å². The predicted molar refractivity (Wildman–Crippen MR) is 119 cm³/mol. The van der Waals surface area contributed by atoms with Gasteiger partial charge in [-0.1, -0.05) is 35.3 Å². The van der Waals surface area contributed by atoms with Crippen molar-refractivity contribution >= 4 is 34.9 Å². The van der Waals surface area contributed by atoms with E-state index >= 15 is 0 Å². The zero-order valence-corrected chi connectivity index (χ0v) is 17.2. The van der Waals surface area contributed by atoms with Gasteiger partial charge in [0.1, 0.15) is 5.82 Å². The highest BCUT2D eigenvalue weighted by Gasteiger charge is 2.12. The Labute approximate surface area is 183 Å². The Morgan fingerprint density at radius 1 is 1.00 bits per heavy atom. The molecular weight excluding hydrogens is 421 g/mol. The molecule has 3 N–H and O–H groups in total. The zero-order chi connectivity index (χ0) is 21.1. The molecule has 0 unspecified atom stereocenters. The van der Waals surface area contributed by atoms with Gasteiger partial charge in [0.15, 0.2) is 0 Å². The van der Waals surface area contributed by atoms with Crippen molar-refractivity contribution in [3.8, 4) is 16.9 Å². The first kappa shape index (κ1) is 19.9. The second-order valence-corrected chi connectivity index (χ2v) is 7.36. The zero-order valence-electron chi connectivity index (χ0n) is 15.7. The first-order valence-corrected chi connectivity index (χ1v) is 9.86. The van der Waals surface area contributed by atoms with E-state index in [4.69, 9.17) is 28.9 Å². The molecule has 0 aliphatic carbocycles. The maximum atomic E-state index is 12.4. The molecule has 30 heavy (non-hydrogen) atoms. The van der Waals surface area contributed by atoms with E-state index in [1.165, 1.54) is 0 Å². The number of rotatable bonds is 5. The Morgan fingerprint density at radius 2 is 1.80 bits per heavy atom. The fourth-order valence-electron chi connectivity index (χ4n) is 2.93. The summed E-state index contributed by atoms with van der Waals surface area (Å²) in [4.78, 5) is 16.6. The minimum absolute atomic E-state index is 0.183. The van der Waals surface area contributed by atoms with E-state index in [1.54, 1.807) is 53.3 Å². The molecule has 0 radical (unpaired) electrons. The van der Waals surface area contributed by atoms with E-state index in [-0.39, 0.29) is 5.91 Å². The summed E-state index contributed by atoms with van der Waals surface area (Å²) in [5.74, 6) is 0.278. The van der Waals surface area contributed by atoms with Crippen molar-refractivity contribution in [2.45, 2.75) is 6.54 Å². The summed E-state index contributed by atoms with van der Waals surface area (Å²) in [5, 5.41) is 8.33. The number of carbonyl (C=O) groups excluding carboxylic acids is 1. The molecule has 0 saturated heterocycles. The Kier molecular flexibility index (Phi) is 5.70. The van der Waals surface area contributed by atoms with Gasteiger partial charge in [0.25, 0.3) is 5.91 Å². The molecule has 4 rings (SSSR count). The first-order chi connectivity index (χ1) is 14.5. The number of halogens is 2. The van der Waals surface area contributed by atoms with Crippen LogP contribution in [-0.4, -0.2) is 20.7 Å². The van der Waals surface area contributed by atoms with E-state index in [0.29, 0.717) is 33.7 Å². The standard InChI is InChI=1S/C22H17Cl2N5O/c23-18-9-6-15(11-19(18)24)20-12-21(25)29(28-20)17-7-4-14(5-8-17)22(30)27-13-16-3-1-2-10-26-16/h1-12H,13,25H2,(H,27,30). The number of benzene rings is 2. The molecule has 2 heterocycles. The van der Waals surface area contributed by atoms with Crippen molar-refractivity contribution in [3.63, 3.8) is 0 Å². The van der Waals surface area contributed by atoms with Crippen LogP contribution in [0, 0.1) is 0 Å². The molecule has 0 fully saturated rings. The molecule has 2 aromatic heterocycles. The summed E-state index contributed by atoms with van der Waals surface area (Å²) in [7, 11) is 0. The van der Waals surface area contributed by atoms with Crippen molar-refractivity contribution in [1.82, 2.24) is 20.1 Å². The number of nitrogens with one attached hydrogen (secondary N) is 1. The van der Waals surface area contributed by atoms with E-state index in [1.807, 2.05) is 24.3 Å². The molecular formula is C22H17Cl2N5O. The van der Waals surface area contributed by atoms with Crippen LogP contribution < -0.4 is 11.1 Å². The average Bonchev–Trinajstić information content (AvgIpc) is 3.16. The van der Waals surface area contributed by atoms with Gasteiger partial charge in [0, 0.05) is 23.4 Å². The van der Waals surface area contributed by atoms with Gasteiger partial charge in [-0.2, -0.15) is 5.10 Å². The summed E-state index contributed by atoms with van der Waals surface area (Å²) in [6.45, 7) is 0.362. The summed E-state index contributed by atoms with van der Waals surface area (Å²) in [5.41, 5.74) is 9.68. The largest absolute Gasteiger partial charge is 0.384 e. The number of carbonyl (C=O) groups is 1. The number of nitrogens with zero attached hydrogens (tertiary/aromatic N) is 3. The minimum atomic E-state index is -0.183. The Bertz CT molecular complexity index is 1190. The normalized spacial score (nSPS) is 10.7. The van der Waals surface area contributed by atoms with Gasteiger partial charge in [-0.3, -0.25) is 9.78 Å². The number of aromatic nitrogens is 3. The molecule has 1 amide bonds. The van der Waals surface area contributed by atoms with Crippen LogP contribution in [0.3, 0.4) is 0 Å². The molecule has 2 aromatic carbocycles. The maximum absolute atomic E-state index is 12.4. The Balaban J connectivity index is 1.50. The number of amides is 1. The summed E-state index contributed by atoms with van der Waals surface area (Å²) < 4.78 is 1.60. The second kappa shape index (κ2) is 8.57. The van der Waals surface area contributed by atoms with Gasteiger partial charge in [-0.15, -0.1) is 0 Å². The molecule has 0 atom stereocenters. The lowest BCUT2D eigenvalue weighted by Gasteiger charge is -2.07. The van der Waals surface area contributed by atoms with Crippen LogP contribution in [0.1, 0.15) is 16.1 Å². The summed E-state index contributed by atoms with van der Waals surface area (Å²) in [6.07, 6.45) is 1.69. The lowest BCUT2D eigenvalue weighted by molar-refractivity contribution is 0.0950. The number of nitrogen functional groups attached to an aromatic ring is 1. The third-order valence-corrected chi connectivity index (χ3v) is 5.22. The molecule has 6 nitrogen and oxygen atoms in total. The Hall–Kier alpha value is -3.35. The fourth-order valence-corrected chi connectivity index (χ4v) is 3.23. The number of nitrogens with two attached hydrogens (primary N) is 1. The molecule has 150 valence electrons. The van der Waals surface area contributed by atoms with Crippen molar-refractivity contribution in [2.24, 2.45) is 0 Å². The van der Waals surface area contributed by atoms with Crippen LogP contribution in [0.5, 0.6) is 0 Å². The van der Waals surface area contributed by atoms with Gasteiger partial charge in [0.05, 0.1) is 33.7 Å². The third-order valence-electron chi connectivity index (χ3n) is 4.48. The molecule has 0 aliphatic heterocycles. The maximum Gasteiger partial charge on any atom is 0.251 e. The number of hydrogen-bond acceptors (Lipinski definition) is 4.